The van der Waals surface area contributed by atoms with Crippen molar-refractivity contribution in [1.29, 1.82) is 0 Å². The van der Waals surface area contributed by atoms with Gasteiger partial charge in [-0.3, -0.25) is 4.79 Å². The molecule has 3 rings (SSSR count). The second kappa shape index (κ2) is 9.41. The van der Waals surface area contributed by atoms with E-state index in [9.17, 15) is 4.79 Å². The highest BCUT2D eigenvalue weighted by Gasteiger charge is 2.11. The molecule has 0 saturated heterocycles. The molecule has 0 radical (unpaired) electrons. The minimum Gasteiger partial charge on any atom is -0.494 e. The molecule has 0 unspecified atom stereocenters. The van der Waals surface area contributed by atoms with Crippen molar-refractivity contribution in [3.8, 4) is 11.5 Å². The number of hydrogen-bond acceptors (Lipinski definition) is 5. The van der Waals surface area contributed by atoms with Gasteiger partial charge in [0.1, 0.15) is 17.3 Å². The molecule has 144 valence electrons. The standard InChI is InChI=1S/C22H23N3O3/c1-3-27-18-11-9-17(10-12-18)24-21-15-16(13-14-23-21)22(26)25-19-7-5-6-8-20(19)28-4-2/h5-15H,3-4H2,1-2H3,(H,23,24)(H,25,26). The predicted octanol–water partition coefficient (Wildman–Crippen LogP) is 4.87. The molecular weight excluding hydrogens is 354 g/mol. The zero-order valence-electron chi connectivity index (χ0n) is 15.9. The maximum absolute atomic E-state index is 12.7. The number of ether oxygens (including phenoxy) is 2. The van der Waals surface area contributed by atoms with Crippen LogP contribution in [-0.4, -0.2) is 24.1 Å². The molecule has 1 amide bonds. The van der Waals surface area contributed by atoms with Crippen molar-refractivity contribution >= 4 is 23.1 Å². The highest BCUT2D eigenvalue weighted by Crippen LogP contribution is 2.25. The summed E-state index contributed by atoms with van der Waals surface area (Å²) in [4.78, 5) is 16.9. The molecule has 0 spiro atoms. The Labute approximate surface area is 164 Å². The van der Waals surface area contributed by atoms with E-state index in [0.717, 1.165) is 11.4 Å². The van der Waals surface area contributed by atoms with Crippen LogP contribution in [0.2, 0.25) is 0 Å². The van der Waals surface area contributed by atoms with Crippen LogP contribution >= 0.6 is 0 Å². The van der Waals surface area contributed by atoms with E-state index in [2.05, 4.69) is 15.6 Å². The van der Waals surface area contributed by atoms with Gasteiger partial charge in [-0.25, -0.2) is 4.98 Å². The van der Waals surface area contributed by atoms with Gasteiger partial charge in [-0.1, -0.05) is 12.1 Å². The normalized spacial score (nSPS) is 10.2. The van der Waals surface area contributed by atoms with E-state index in [1.807, 2.05) is 62.4 Å². The third-order valence-corrected chi connectivity index (χ3v) is 3.89. The minimum absolute atomic E-state index is 0.232. The number of carbonyl (C=O) groups excluding carboxylic acids is 1. The Morgan fingerprint density at radius 1 is 0.964 bits per heavy atom. The number of aromatic nitrogens is 1. The van der Waals surface area contributed by atoms with E-state index in [-0.39, 0.29) is 5.91 Å². The molecule has 2 N–H and O–H groups in total. The molecule has 3 aromatic rings. The van der Waals surface area contributed by atoms with Crippen LogP contribution in [0.5, 0.6) is 11.5 Å². The highest BCUT2D eigenvalue weighted by molar-refractivity contribution is 6.05. The Balaban J connectivity index is 1.71. The van der Waals surface area contributed by atoms with Gasteiger partial charge >= 0.3 is 0 Å². The van der Waals surface area contributed by atoms with Crippen molar-refractivity contribution in [2.45, 2.75) is 13.8 Å². The number of para-hydroxylation sites is 2. The molecule has 2 aromatic carbocycles. The largest absolute Gasteiger partial charge is 0.494 e. The number of pyridine rings is 1. The Morgan fingerprint density at radius 2 is 1.71 bits per heavy atom. The number of benzene rings is 2. The van der Waals surface area contributed by atoms with Crippen LogP contribution in [0.4, 0.5) is 17.2 Å². The first kappa shape index (κ1) is 19.2. The van der Waals surface area contributed by atoms with Crippen molar-refractivity contribution < 1.29 is 14.3 Å². The van der Waals surface area contributed by atoms with Crippen molar-refractivity contribution in [3.63, 3.8) is 0 Å². The summed E-state index contributed by atoms with van der Waals surface area (Å²) >= 11 is 0. The summed E-state index contributed by atoms with van der Waals surface area (Å²) in [6, 6.07) is 18.3. The summed E-state index contributed by atoms with van der Waals surface area (Å²) in [5, 5.41) is 6.08. The SMILES string of the molecule is CCOc1ccc(Nc2cc(C(=O)Nc3ccccc3OCC)ccn2)cc1. The average molecular weight is 377 g/mol. The number of rotatable bonds is 8. The van der Waals surface area contributed by atoms with E-state index in [1.165, 1.54) is 0 Å². The summed E-state index contributed by atoms with van der Waals surface area (Å²) in [5.74, 6) is 1.79. The van der Waals surface area contributed by atoms with E-state index in [1.54, 1.807) is 18.3 Å². The van der Waals surface area contributed by atoms with Crippen LogP contribution in [0.3, 0.4) is 0 Å². The lowest BCUT2D eigenvalue weighted by molar-refractivity contribution is 0.102. The van der Waals surface area contributed by atoms with Gasteiger partial charge in [-0.2, -0.15) is 0 Å². The number of anilines is 3. The van der Waals surface area contributed by atoms with E-state index in [0.29, 0.717) is 36.0 Å². The summed E-state index contributed by atoms with van der Waals surface area (Å²) in [6.07, 6.45) is 1.60. The quantitative estimate of drug-likeness (QED) is 0.586. The maximum atomic E-state index is 12.7. The van der Waals surface area contributed by atoms with Crippen LogP contribution < -0.4 is 20.1 Å². The molecule has 6 nitrogen and oxygen atoms in total. The molecule has 0 fully saturated rings. The Bertz CT molecular complexity index is 926. The number of carbonyl (C=O) groups is 1. The van der Waals surface area contributed by atoms with Crippen molar-refractivity contribution in [3.05, 3.63) is 72.4 Å². The fourth-order valence-electron chi connectivity index (χ4n) is 2.63. The number of nitrogens with one attached hydrogen (secondary N) is 2. The first-order chi connectivity index (χ1) is 13.7. The fraction of sp³-hybridized carbons (Fsp3) is 0.182. The van der Waals surface area contributed by atoms with Crippen LogP contribution in [0.25, 0.3) is 0 Å². The van der Waals surface area contributed by atoms with Gasteiger partial charge in [0.25, 0.3) is 5.91 Å². The average Bonchev–Trinajstić information content (AvgIpc) is 2.71. The van der Waals surface area contributed by atoms with E-state index in [4.69, 9.17) is 9.47 Å². The lowest BCUT2D eigenvalue weighted by Crippen LogP contribution is -2.13. The molecular formula is C22H23N3O3. The summed E-state index contributed by atoms with van der Waals surface area (Å²) < 4.78 is 11.0. The van der Waals surface area contributed by atoms with Crippen molar-refractivity contribution in [2.75, 3.05) is 23.8 Å². The van der Waals surface area contributed by atoms with Crippen LogP contribution in [0.1, 0.15) is 24.2 Å². The van der Waals surface area contributed by atoms with Gasteiger partial charge in [-0.15, -0.1) is 0 Å². The molecule has 6 heteroatoms. The molecule has 1 heterocycles. The van der Waals surface area contributed by atoms with Crippen molar-refractivity contribution in [1.82, 2.24) is 4.98 Å². The van der Waals surface area contributed by atoms with Gasteiger partial charge < -0.3 is 20.1 Å². The highest BCUT2D eigenvalue weighted by atomic mass is 16.5. The molecule has 0 aliphatic heterocycles. The Hall–Kier alpha value is -3.54. The molecule has 1 aromatic heterocycles. The summed E-state index contributed by atoms with van der Waals surface area (Å²) in [5.41, 5.74) is 1.98. The minimum atomic E-state index is -0.232. The number of amides is 1. The van der Waals surface area contributed by atoms with Crippen LogP contribution in [0.15, 0.2) is 66.9 Å². The summed E-state index contributed by atoms with van der Waals surface area (Å²) in [7, 11) is 0. The first-order valence-corrected chi connectivity index (χ1v) is 9.18. The van der Waals surface area contributed by atoms with Gasteiger partial charge in [0.15, 0.2) is 0 Å². The third-order valence-electron chi connectivity index (χ3n) is 3.89. The third kappa shape index (κ3) is 5.01. The fourth-order valence-corrected chi connectivity index (χ4v) is 2.63. The van der Waals surface area contributed by atoms with Crippen LogP contribution in [-0.2, 0) is 0 Å². The number of nitrogens with zero attached hydrogens (tertiary/aromatic N) is 1. The lowest BCUT2D eigenvalue weighted by Gasteiger charge is -2.12. The van der Waals surface area contributed by atoms with Crippen molar-refractivity contribution in [2.24, 2.45) is 0 Å². The topological polar surface area (TPSA) is 72.5 Å². The first-order valence-electron chi connectivity index (χ1n) is 9.18. The number of hydrogen-bond donors (Lipinski definition) is 2. The van der Waals surface area contributed by atoms with Gasteiger partial charge in [0.2, 0.25) is 0 Å². The maximum Gasteiger partial charge on any atom is 0.255 e. The molecule has 0 aliphatic carbocycles. The second-order valence-corrected chi connectivity index (χ2v) is 5.90. The molecule has 0 saturated carbocycles. The summed E-state index contributed by atoms with van der Waals surface area (Å²) in [6.45, 7) is 5.00. The van der Waals surface area contributed by atoms with Crippen LogP contribution in [0, 0.1) is 0 Å². The zero-order valence-corrected chi connectivity index (χ0v) is 15.9. The molecule has 0 aliphatic rings. The Morgan fingerprint density at radius 3 is 2.46 bits per heavy atom. The van der Waals surface area contributed by atoms with Gasteiger partial charge in [0.05, 0.1) is 18.9 Å². The van der Waals surface area contributed by atoms with E-state index >= 15 is 0 Å². The second-order valence-electron chi connectivity index (χ2n) is 5.90. The van der Waals surface area contributed by atoms with E-state index < -0.39 is 0 Å². The zero-order chi connectivity index (χ0) is 19.8. The predicted molar refractivity (Wildman–Crippen MR) is 111 cm³/mol. The van der Waals surface area contributed by atoms with Gasteiger partial charge in [0, 0.05) is 17.4 Å². The molecule has 28 heavy (non-hydrogen) atoms. The van der Waals surface area contributed by atoms with Gasteiger partial charge in [-0.05, 0) is 62.4 Å². The lowest BCUT2D eigenvalue weighted by atomic mass is 10.2. The molecule has 0 bridgehead atoms. The molecule has 0 atom stereocenters. The monoisotopic (exact) mass is 377 g/mol. The smallest absolute Gasteiger partial charge is 0.255 e. The Kier molecular flexibility index (Phi) is 6.46.